The number of nitrogens with zero attached hydrogens (tertiary/aromatic N) is 5. The van der Waals surface area contributed by atoms with Crippen molar-refractivity contribution in [2.24, 2.45) is 0 Å². The fraction of sp³-hybridized carbons (Fsp3) is 0.478. The maximum Gasteiger partial charge on any atom is 0.289 e. The minimum absolute atomic E-state index is 0.0911. The monoisotopic (exact) mass is 535 g/mol. The Morgan fingerprint density at radius 1 is 1.11 bits per heavy atom. The summed E-state index contributed by atoms with van der Waals surface area (Å²) in [5, 5.41) is 12.3. The molecule has 12 heteroatoms. The fourth-order valence-electron chi connectivity index (χ4n) is 4.72. The molecule has 186 valence electrons. The Labute approximate surface area is 212 Å². The quantitative estimate of drug-likeness (QED) is 0.342. The predicted molar refractivity (Wildman–Crippen MR) is 137 cm³/mol. The van der Waals surface area contributed by atoms with Gasteiger partial charge in [0, 0.05) is 43.0 Å². The highest BCUT2D eigenvalue weighted by molar-refractivity contribution is 7.89. The summed E-state index contributed by atoms with van der Waals surface area (Å²) in [6.45, 7) is 5.62. The van der Waals surface area contributed by atoms with Gasteiger partial charge in [0.25, 0.3) is 5.69 Å². The van der Waals surface area contributed by atoms with Gasteiger partial charge in [0.05, 0.1) is 15.2 Å². The largest absolute Gasteiger partial charge is 0.353 e. The minimum Gasteiger partial charge on any atom is -0.353 e. The van der Waals surface area contributed by atoms with Gasteiger partial charge in [-0.05, 0) is 43.4 Å². The number of nitro benzene ring substituents is 1. The van der Waals surface area contributed by atoms with Crippen LogP contribution in [0.2, 0.25) is 5.02 Å². The summed E-state index contributed by atoms with van der Waals surface area (Å²) < 4.78 is 27.9. The first-order valence-electron chi connectivity index (χ1n) is 11.7. The van der Waals surface area contributed by atoms with E-state index in [1.165, 1.54) is 33.3 Å². The number of thiophene rings is 1. The van der Waals surface area contributed by atoms with Gasteiger partial charge in [-0.15, -0.1) is 11.3 Å². The van der Waals surface area contributed by atoms with E-state index in [1.54, 1.807) is 11.3 Å². The number of hydrogen-bond donors (Lipinski definition) is 0. The van der Waals surface area contributed by atoms with Crippen LogP contribution in [0.1, 0.15) is 48.9 Å². The van der Waals surface area contributed by atoms with Gasteiger partial charge in [0.2, 0.25) is 10.0 Å². The van der Waals surface area contributed by atoms with Crippen molar-refractivity contribution in [3.8, 4) is 0 Å². The van der Waals surface area contributed by atoms with Gasteiger partial charge in [-0.2, -0.15) is 4.31 Å². The van der Waals surface area contributed by atoms with E-state index in [-0.39, 0.29) is 28.9 Å². The molecule has 9 nitrogen and oxygen atoms in total. The van der Waals surface area contributed by atoms with Gasteiger partial charge in [-0.1, -0.05) is 25.4 Å². The van der Waals surface area contributed by atoms with Gasteiger partial charge in [0.1, 0.15) is 21.5 Å². The summed E-state index contributed by atoms with van der Waals surface area (Å²) >= 11 is 7.64. The molecule has 0 atom stereocenters. The van der Waals surface area contributed by atoms with Gasteiger partial charge in [-0.25, -0.2) is 18.4 Å². The Balaban J connectivity index is 1.45. The molecular weight excluding hydrogens is 510 g/mol. The van der Waals surface area contributed by atoms with Crippen molar-refractivity contribution in [2.45, 2.75) is 50.3 Å². The number of benzene rings is 1. The molecule has 35 heavy (non-hydrogen) atoms. The molecule has 3 aromatic rings. The smallest absolute Gasteiger partial charge is 0.289 e. The Hall–Kier alpha value is -2.34. The zero-order valence-corrected chi connectivity index (χ0v) is 21.9. The highest BCUT2D eigenvalue weighted by Gasteiger charge is 2.32. The van der Waals surface area contributed by atoms with Crippen LogP contribution in [-0.2, 0) is 22.9 Å². The Morgan fingerprint density at radius 3 is 2.51 bits per heavy atom. The maximum absolute atomic E-state index is 13.2. The van der Waals surface area contributed by atoms with E-state index in [0.29, 0.717) is 13.1 Å². The summed E-state index contributed by atoms with van der Waals surface area (Å²) in [5.74, 6) is 1.88. The number of aromatic nitrogens is 2. The molecule has 0 N–H and O–H groups in total. The molecule has 1 aliphatic carbocycles. The second-order valence-corrected chi connectivity index (χ2v) is 12.6. The van der Waals surface area contributed by atoms with E-state index in [0.717, 1.165) is 47.2 Å². The van der Waals surface area contributed by atoms with Crippen LogP contribution in [0.25, 0.3) is 10.2 Å². The molecular formula is C23H26ClN5O4S2. The van der Waals surface area contributed by atoms with Crippen LogP contribution in [0.3, 0.4) is 0 Å². The Morgan fingerprint density at radius 2 is 1.83 bits per heavy atom. The molecule has 2 aromatic heterocycles. The lowest BCUT2D eigenvalue weighted by atomic mass is 9.96. The molecule has 0 bridgehead atoms. The molecule has 0 saturated carbocycles. The lowest BCUT2D eigenvalue weighted by Gasteiger charge is -2.35. The highest BCUT2D eigenvalue weighted by Crippen LogP contribution is 2.40. The third-order valence-corrected chi connectivity index (χ3v) is 10.0. The number of sulfonamides is 1. The molecule has 3 heterocycles. The van der Waals surface area contributed by atoms with Gasteiger partial charge in [0.15, 0.2) is 0 Å². The van der Waals surface area contributed by atoms with Crippen LogP contribution in [-0.4, -0.2) is 53.8 Å². The first kappa shape index (κ1) is 24.4. The number of piperazine rings is 1. The van der Waals surface area contributed by atoms with E-state index in [4.69, 9.17) is 21.6 Å². The number of halogens is 1. The standard InChI is InChI=1S/C23H26ClN5O4S2/c1-14(2)21-25-22(20-16-5-3-4-6-19(16)34-23(20)26-21)27-9-11-28(12-10-27)35(32,33)15-7-8-17(24)18(13-15)29(30)31/h7-8,13-14H,3-6,9-12H2,1-2H3. The molecule has 5 rings (SSSR count). The maximum atomic E-state index is 13.2. The zero-order chi connectivity index (χ0) is 24.9. The third kappa shape index (κ3) is 4.39. The molecule has 0 amide bonds. The lowest BCUT2D eigenvalue weighted by Crippen LogP contribution is -2.49. The number of hydrogen-bond acceptors (Lipinski definition) is 8. The van der Waals surface area contributed by atoms with Gasteiger partial charge in [-0.3, -0.25) is 10.1 Å². The van der Waals surface area contributed by atoms with Crippen LogP contribution >= 0.6 is 22.9 Å². The topological polar surface area (TPSA) is 110 Å². The van der Waals surface area contributed by atoms with Crippen molar-refractivity contribution >= 4 is 54.7 Å². The van der Waals surface area contributed by atoms with E-state index in [1.807, 2.05) is 0 Å². The lowest BCUT2D eigenvalue weighted by molar-refractivity contribution is -0.384. The van der Waals surface area contributed by atoms with Crippen molar-refractivity contribution in [3.05, 3.63) is 49.6 Å². The summed E-state index contributed by atoms with van der Waals surface area (Å²) in [6.07, 6.45) is 4.45. The number of rotatable bonds is 5. The normalized spacial score (nSPS) is 17.2. The molecule has 2 aliphatic rings. The molecule has 1 fully saturated rings. The van der Waals surface area contributed by atoms with Gasteiger partial charge >= 0.3 is 0 Å². The van der Waals surface area contributed by atoms with Crippen molar-refractivity contribution in [2.75, 3.05) is 31.1 Å². The fourth-order valence-corrected chi connectivity index (χ4v) is 7.62. The first-order chi connectivity index (χ1) is 16.7. The van der Waals surface area contributed by atoms with Crippen LogP contribution in [0.4, 0.5) is 11.5 Å². The number of nitro groups is 1. The van der Waals surface area contributed by atoms with Crippen molar-refractivity contribution in [1.29, 1.82) is 0 Å². The second kappa shape index (κ2) is 9.27. The third-order valence-electron chi connectivity index (χ3n) is 6.62. The average molecular weight is 536 g/mol. The Bertz CT molecular complexity index is 1420. The van der Waals surface area contributed by atoms with E-state index in [9.17, 15) is 18.5 Å². The average Bonchev–Trinajstić information content (AvgIpc) is 3.22. The van der Waals surface area contributed by atoms with Crippen molar-refractivity contribution < 1.29 is 13.3 Å². The summed E-state index contributed by atoms with van der Waals surface area (Å²) in [4.78, 5) is 24.8. The van der Waals surface area contributed by atoms with E-state index < -0.39 is 20.6 Å². The van der Waals surface area contributed by atoms with Crippen LogP contribution in [0, 0.1) is 10.1 Å². The second-order valence-electron chi connectivity index (χ2n) is 9.21. The van der Waals surface area contributed by atoms with Crippen LogP contribution in [0.5, 0.6) is 0 Å². The Kier molecular flexibility index (Phi) is 6.45. The number of aryl methyl sites for hydroxylation is 2. The molecule has 1 aliphatic heterocycles. The highest BCUT2D eigenvalue weighted by atomic mass is 35.5. The molecule has 0 spiro atoms. The van der Waals surface area contributed by atoms with Crippen molar-refractivity contribution in [3.63, 3.8) is 0 Å². The first-order valence-corrected chi connectivity index (χ1v) is 14.3. The number of fused-ring (bicyclic) bond motifs is 3. The molecule has 0 radical (unpaired) electrons. The molecule has 1 saturated heterocycles. The molecule has 0 unspecified atom stereocenters. The summed E-state index contributed by atoms with van der Waals surface area (Å²) in [5.41, 5.74) is 0.934. The predicted octanol–water partition coefficient (Wildman–Crippen LogP) is 4.77. The number of anilines is 1. The minimum atomic E-state index is -3.90. The van der Waals surface area contributed by atoms with Crippen molar-refractivity contribution in [1.82, 2.24) is 14.3 Å². The van der Waals surface area contributed by atoms with Crippen LogP contribution in [0.15, 0.2) is 23.1 Å². The van der Waals surface area contributed by atoms with Gasteiger partial charge < -0.3 is 4.90 Å². The van der Waals surface area contributed by atoms with E-state index >= 15 is 0 Å². The summed E-state index contributed by atoms with van der Waals surface area (Å²) in [7, 11) is -3.90. The molecule has 1 aromatic carbocycles. The van der Waals surface area contributed by atoms with Crippen LogP contribution < -0.4 is 4.90 Å². The summed E-state index contributed by atoms with van der Waals surface area (Å²) in [6, 6.07) is 3.61. The van der Waals surface area contributed by atoms with E-state index in [2.05, 4.69) is 18.7 Å². The SMILES string of the molecule is CC(C)c1nc(N2CCN(S(=O)(=O)c3ccc(Cl)c([N+](=O)[O-])c3)CC2)c2c3c(sc2n1)CCCC3. The zero-order valence-electron chi connectivity index (χ0n) is 19.5.